The number of methoxy groups -OCH3 is 1. The van der Waals surface area contributed by atoms with E-state index in [2.05, 4.69) is 9.62 Å². The third-order valence-corrected chi connectivity index (χ3v) is 6.15. The van der Waals surface area contributed by atoms with Gasteiger partial charge >= 0.3 is 0 Å². The minimum Gasteiger partial charge on any atom is -0.383 e. The van der Waals surface area contributed by atoms with Crippen molar-refractivity contribution in [3.63, 3.8) is 0 Å². The third-order valence-electron chi connectivity index (χ3n) is 4.64. The van der Waals surface area contributed by atoms with Gasteiger partial charge in [-0.15, -0.1) is 12.4 Å². The van der Waals surface area contributed by atoms with Crippen molar-refractivity contribution < 1.29 is 13.2 Å². The number of nitrogens with zero attached hydrogens (tertiary/aromatic N) is 1. The molecule has 1 aromatic rings. The highest BCUT2D eigenvalue weighted by Gasteiger charge is 2.43. The lowest BCUT2D eigenvalue weighted by Gasteiger charge is -2.19. The Hall–Kier alpha value is -0.660. The molecular formula is C16H25ClN2O3S. The molecule has 130 valence electrons. The Morgan fingerprint density at radius 3 is 2.52 bits per heavy atom. The van der Waals surface area contributed by atoms with Crippen LogP contribution in [0, 0.1) is 11.8 Å². The number of hydrogen-bond acceptors (Lipinski definition) is 4. The summed E-state index contributed by atoms with van der Waals surface area (Å²) in [5, 5.41) is 0. The first-order valence-corrected chi connectivity index (χ1v) is 9.37. The fraction of sp³-hybridized carbons (Fsp3) is 0.625. The van der Waals surface area contributed by atoms with Crippen LogP contribution in [0.15, 0.2) is 35.2 Å². The number of sulfonamides is 1. The lowest BCUT2D eigenvalue weighted by atomic mass is 9.99. The van der Waals surface area contributed by atoms with E-state index in [0.717, 1.165) is 19.6 Å². The predicted octanol–water partition coefficient (Wildman–Crippen LogP) is 1.74. The van der Waals surface area contributed by atoms with Crippen LogP contribution in [0.25, 0.3) is 0 Å². The SMILES string of the molecule is COCCN1C[C@H](NS(=O)(=O)c2ccccc2)[C@@H](C2CC2)C1.Cl. The van der Waals surface area contributed by atoms with Crippen LogP contribution in [0.2, 0.25) is 0 Å². The second kappa shape index (κ2) is 7.94. The molecule has 0 spiro atoms. The number of rotatable bonds is 7. The predicted molar refractivity (Wildman–Crippen MR) is 92.3 cm³/mol. The zero-order valence-corrected chi connectivity index (χ0v) is 15.0. The lowest BCUT2D eigenvalue weighted by molar-refractivity contribution is 0.158. The molecule has 1 saturated carbocycles. The van der Waals surface area contributed by atoms with Crippen molar-refractivity contribution >= 4 is 22.4 Å². The lowest BCUT2D eigenvalue weighted by Crippen LogP contribution is -2.41. The van der Waals surface area contributed by atoms with Gasteiger partial charge in [-0.3, -0.25) is 4.90 Å². The van der Waals surface area contributed by atoms with Crippen LogP contribution in [-0.2, 0) is 14.8 Å². The molecule has 7 heteroatoms. The molecule has 23 heavy (non-hydrogen) atoms. The van der Waals surface area contributed by atoms with E-state index in [0.29, 0.717) is 23.3 Å². The first kappa shape index (κ1) is 18.7. The molecule has 1 aliphatic carbocycles. The van der Waals surface area contributed by atoms with Crippen molar-refractivity contribution in [2.75, 3.05) is 33.4 Å². The van der Waals surface area contributed by atoms with Crippen molar-refractivity contribution in [3.05, 3.63) is 30.3 Å². The highest BCUT2D eigenvalue weighted by molar-refractivity contribution is 7.89. The van der Waals surface area contributed by atoms with Crippen molar-refractivity contribution in [2.24, 2.45) is 11.8 Å². The molecule has 1 aliphatic heterocycles. The van der Waals surface area contributed by atoms with Gasteiger partial charge in [0.05, 0.1) is 11.5 Å². The first-order valence-electron chi connectivity index (χ1n) is 7.89. The maximum atomic E-state index is 12.5. The van der Waals surface area contributed by atoms with Crippen LogP contribution in [-0.4, -0.2) is 52.7 Å². The van der Waals surface area contributed by atoms with Gasteiger partial charge in [-0.25, -0.2) is 13.1 Å². The van der Waals surface area contributed by atoms with Gasteiger partial charge in [-0.05, 0) is 36.8 Å². The molecule has 0 radical (unpaired) electrons. The number of nitrogens with one attached hydrogen (secondary N) is 1. The molecule has 1 saturated heterocycles. The average molecular weight is 361 g/mol. The molecule has 1 heterocycles. The topological polar surface area (TPSA) is 58.6 Å². The zero-order chi connectivity index (χ0) is 15.6. The van der Waals surface area contributed by atoms with E-state index in [9.17, 15) is 8.42 Å². The van der Waals surface area contributed by atoms with Crippen LogP contribution < -0.4 is 4.72 Å². The standard InChI is InChI=1S/C16H24N2O3S.ClH/c1-21-10-9-18-11-15(13-7-8-13)16(12-18)17-22(19,20)14-5-3-2-4-6-14;/h2-6,13,15-17H,7-12H2,1H3;1H/t15-,16+;/m1./s1. The largest absolute Gasteiger partial charge is 0.383 e. The molecule has 0 amide bonds. The van der Waals surface area contributed by atoms with E-state index in [1.807, 2.05) is 6.07 Å². The quantitative estimate of drug-likeness (QED) is 0.804. The van der Waals surface area contributed by atoms with E-state index >= 15 is 0 Å². The summed E-state index contributed by atoms with van der Waals surface area (Å²) in [5.74, 6) is 1.10. The van der Waals surface area contributed by atoms with E-state index in [1.165, 1.54) is 12.8 Å². The Bertz CT molecular complexity index is 593. The minimum absolute atomic E-state index is 0. The van der Waals surface area contributed by atoms with Gasteiger partial charge in [0.25, 0.3) is 0 Å². The number of halogens is 1. The average Bonchev–Trinajstić information content (AvgIpc) is 3.28. The number of likely N-dealkylation sites (tertiary alicyclic amines) is 1. The molecule has 2 fully saturated rings. The van der Waals surface area contributed by atoms with Gasteiger partial charge in [0.1, 0.15) is 0 Å². The molecule has 0 aromatic heterocycles. The van der Waals surface area contributed by atoms with Crippen LogP contribution in [0.1, 0.15) is 12.8 Å². The highest BCUT2D eigenvalue weighted by Crippen LogP contribution is 2.41. The maximum Gasteiger partial charge on any atom is 0.240 e. The minimum atomic E-state index is -3.43. The fourth-order valence-electron chi connectivity index (χ4n) is 3.31. The Balaban J connectivity index is 0.00000192. The molecule has 1 N–H and O–H groups in total. The first-order chi connectivity index (χ1) is 10.6. The van der Waals surface area contributed by atoms with Gasteiger partial charge in [-0.2, -0.15) is 0 Å². The summed E-state index contributed by atoms with van der Waals surface area (Å²) < 4.78 is 33.2. The van der Waals surface area contributed by atoms with Crippen molar-refractivity contribution in [2.45, 2.75) is 23.8 Å². The molecule has 5 nitrogen and oxygen atoms in total. The monoisotopic (exact) mass is 360 g/mol. The summed E-state index contributed by atoms with van der Waals surface area (Å²) in [7, 11) is -1.74. The summed E-state index contributed by atoms with van der Waals surface area (Å²) in [6.07, 6.45) is 2.46. The molecule has 3 rings (SSSR count). The number of ether oxygens (including phenoxy) is 1. The molecule has 0 unspecified atom stereocenters. The molecule has 2 aliphatic rings. The summed E-state index contributed by atoms with van der Waals surface area (Å²) >= 11 is 0. The smallest absolute Gasteiger partial charge is 0.240 e. The van der Waals surface area contributed by atoms with Gasteiger partial charge in [0.2, 0.25) is 10.0 Å². The summed E-state index contributed by atoms with van der Waals surface area (Å²) in [6, 6.07) is 8.64. The Kier molecular flexibility index (Phi) is 6.45. The summed E-state index contributed by atoms with van der Waals surface area (Å²) in [6.45, 7) is 3.30. The van der Waals surface area contributed by atoms with E-state index in [1.54, 1.807) is 31.4 Å². The number of benzene rings is 1. The van der Waals surface area contributed by atoms with Crippen molar-refractivity contribution in [1.29, 1.82) is 0 Å². The van der Waals surface area contributed by atoms with Crippen LogP contribution in [0.4, 0.5) is 0 Å². The number of hydrogen-bond donors (Lipinski definition) is 1. The van der Waals surface area contributed by atoms with Crippen LogP contribution in [0.5, 0.6) is 0 Å². The van der Waals surface area contributed by atoms with Gasteiger partial charge in [0.15, 0.2) is 0 Å². The Morgan fingerprint density at radius 1 is 1.22 bits per heavy atom. The molecular weight excluding hydrogens is 336 g/mol. The van der Waals surface area contributed by atoms with Crippen molar-refractivity contribution in [1.82, 2.24) is 9.62 Å². The van der Waals surface area contributed by atoms with E-state index in [4.69, 9.17) is 4.74 Å². The second-order valence-corrected chi connectivity index (χ2v) is 8.01. The van der Waals surface area contributed by atoms with Gasteiger partial charge in [-0.1, -0.05) is 18.2 Å². The Labute approximate surface area is 144 Å². The normalized spacial score (nSPS) is 25.3. The zero-order valence-electron chi connectivity index (χ0n) is 13.3. The summed E-state index contributed by atoms with van der Waals surface area (Å²) in [4.78, 5) is 2.66. The highest BCUT2D eigenvalue weighted by atomic mass is 35.5. The molecule has 0 bridgehead atoms. The maximum absolute atomic E-state index is 12.5. The Morgan fingerprint density at radius 2 is 1.91 bits per heavy atom. The fourth-order valence-corrected chi connectivity index (χ4v) is 4.61. The van der Waals surface area contributed by atoms with Gasteiger partial charge in [0, 0.05) is 32.8 Å². The van der Waals surface area contributed by atoms with E-state index < -0.39 is 10.0 Å². The molecule has 1 aromatic carbocycles. The summed E-state index contributed by atoms with van der Waals surface area (Å²) in [5.41, 5.74) is 0. The second-order valence-electron chi connectivity index (χ2n) is 6.29. The van der Waals surface area contributed by atoms with Crippen molar-refractivity contribution in [3.8, 4) is 0 Å². The molecule has 2 atom stereocenters. The van der Waals surface area contributed by atoms with Crippen LogP contribution >= 0.6 is 12.4 Å². The van der Waals surface area contributed by atoms with Gasteiger partial charge < -0.3 is 4.74 Å². The van der Waals surface area contributed by atoms with E-state index in [-0.39, 0.29) is 18.4 Å². The van der Waals surface area contributed by atoms with Crippen LogP contribution in [0.3, 0.4) is 0 Å². The third kappa shape index (κ3) is 4.67.